The molecule has 0 saturated heterocycles. The molecule has 0 aromatic carbocycles. The molecule has 0 fully saturated rings. The van der Waals surface area contributed by atoms with Gasteiger partial charge in [0, 0.05) is 25.9 Å². The van der Waals surface area contributed by atoms with Crippen LogP contribution in [0.3, 0.4) is 0 Å². The van der Waals surface area contributed by atoms with Gasteiger partial charge in [0.15, 0.2) is 0 Å². The summed E-state index contributed by atoms with van der Waals surface area (Å²) in [5, 5.41) is 15.7. The van der Waals surface area contributed by atoms with Crippen molar-refractivity contribution in [2.45, 2.75) is 0 Å². The summed E-state index contributed by atoms with van der Waals surface area (Å²) in [7, 11) is -1.68. The maximum Gasteiger partial charge on any atom is 0.288 e. The molecule has 0 aliphatic rings. The van der Waals surface area contributed by atoms with Crippen LogP contribution < -0.4 is 10.6 Å². The van der Waals surface area contributed by atoms with E-state index in [0.29, 0.717) is 0 Å². The number of carbonyl (C=O) groups is 1. The van der Waals surface area contributed by atoms with E-state index < -0.39 is 20.7 Å². The van der Waals surface area contributed by atoms with E-state index in [1.54, 1.807) is 0 Å². The molecule has 20 heavy (non-hydrogen) atoms. The SMILES string of the molecule is CNc1ncc([N+](=O)[O-])cc1C(=O)NCCS(C)(=O)=O. The van der Waals surface area contributed by atoms with E-state index in [4.69, 9.17) is 0 Å². The average molecular weight is 302 g/mol. The third-order valence-corrected chi connectivity index (χ3v) is 3.27. The van der Waals surface area contributed by atoms with Crippen LogP contribution >= 0.6 is 0 Å². The summed E-state index contributed by atoms with van der Waals surface area (Å²) >= 11 is 0. The second-order valence-electron chi connectivity index (χ2n) is 3.98. The van der Waals surface area contributed by atoms with E-state index in [9.17, 15) is 23.3 Å². The van der Waals surface area contributed by atoms with E-state index >= 15 is 0 Å². The highest BCUT2D eigenvalue weighted by Gasteiger charge is 2.17. The van der Waals surface area contributed by atoms with Crippen LogP contribution in [0.1, 0.15) is 10.4 Å². The summed E-state index contributed by atoms with van der Waals surface area (Å²) in [5.41, 5.74) is -0.340. The second kappa shape index (κ2) is 6.28. The summed E-state index contributed by atoms with van der Waals surface area (Å²) in [4.78, 5) is 25.6. The number of sulfone groups is 1. The van der Waals surface area contributed by atoms with Crippen LogP contribution in [-0.4, -0.2) is 49.8 Å². The zero-order chi connectivity index (χ0) is 15.3. The van der Waals surface area contributed by atoms with Crippen molar-refractivity contribution in [3.05, 3.63) is 27.9 Å². The molecule has 10 heteroatoms. The van der Waals surface area contributed by atoms with Gasteiger partial charge in [0.05, 0.1) is 16.2 Å². The van der Waals surface area contributed by atoms with Gasteiger partial charge < -0.3 is 10.6 Å². The fourth-order valence-electron chi connectivity index (χ4n) is 1.37. The van der Waals surface area contributed by atoms with Crippen molar-refractivity contribution in [3.8, 4) is 0 Å². The minimum absolute atomic E-state index is 0.0183. The van der Waals surface area contributed by atoms with Crippen molar-refractivity contribution >= 4 is 27.2 Å². The standard InChI is InChI=1S/C10H14N4O5S/c1-11-9-8(5-7(6-13-9)14(16)17)10(15)12-3-4-20(2,18)19/h5-6H,3-4H2,1-2H3,(H,11,13)(H,12,15). The van der Waals surface area contributed by atoms with E-state index in [1.807, 2.05) is 0 Å². The fourth-order valence-corrected chi connectivity index (χ4v) is 1.84. The molecule has 2 N–H and O–H groups in total. The number of aromatic nitrogens is 1. The van der Waals surface area contributed by atoms with Crippen LogP contribution in [0.15, 0.2) is 12.3 Å². The molecule has 0 radical (unpaired) electrons. The minimum atomic E-state index is -3.19. The van der Waals surface area contributed by atoms with Gasteiger partial charge in [-0.05, 0) is 0 Å². The molecule has 0 atom stereocenters. The number of rotatable bonds is 6. The number of pyridine rings is 1. The number of nitro groups is 1. The van der Waals surface area contributed by atoms with Crippen molar-refractivity contribution in [1.29, 1.82) is 0 Å². The lowest BCUT2D eigenvalue weighted by molar-refractivity contribution is -0.385. The zero-order valence-electron chi connectivity index (χ0n) is 10.9. The summed E-state index contributed by atoms with van der Waals surface area (Å²) in [5.74, 6) is -0.669. The molecule has 0 spiro atoms. The van der Waals surface area contributed by atoms with E-state index in [-0.39, 0.29) is 29.4 Å². The highest BCUT2D eigenvalue weighted by molar-refractivity contribution is 7.90. The summed E-state index contributed by atoms with van der Waals surface area (Å²) < 4.78 is 21.9. The second-order valence-corrected chi connectivity index (χ2v) is 6.24. The molecule has 9 nitrogen and oxygen atoms in total. The lowest BCUT2D eigenvalue weighted by Crippen LogP contribution is -2.29. The average Bonchev–Trinajstić information content (AvgIpc) is 2.36. The predicted molar refractivity (Wildman–Crippen MR) is 72.5 cm³/mol. The lowest BCUT2D eigenvalue weighted by Gasteiger charge is -2.08. The van der Waals surface area contributed by atoms with E-state index in [1.165, 1.54) is 7.05 Å². The quantitative estimate of drug-likeness (QED) is 0.549. The number of anilines is 1. The van der Waals surface area contributed by atoms with Gasteiger partial charge in [-0.2, -0.15) is 0 Å². The van der Waals surface area contributed by atoms with Crippen LogP contribution in [0.25, 0.3) is 0 Å². The van der Waals surface area contributed by atoms with Crippen molar-refractivity contribution < 1.29 is 18.1 Å². The Hall–Kier alpha value is -2.23. The Labute approximate surface area is 115 Å². The van der Waals surface area contributed by atoms with E-state index in [0.717, 1.165) is 18.5 Å². The van der Waals surface area contributed by atoms with Crippen molar-refractivity contribution in [2.75, 3.05) is 30.9 Å². The molecular weight excluding hydrogens is 288 g/mol. The summed E-state index contributed by atoms with van der Waals surface area (Å²) in [6.07, 6.45) is 2.08. The van der Waals surface area contributed by atoms with Gasteiger partial charge in [-0.15, -0.1) is 0 Å². The molecule has 110 valence electrons. The largest absolute Gasteiger partial charge is 0.372 e. The Morgan fingerprint density at radius 2 is 2.15 bits per heavy atom. The number of hydrogen-bond acceptors (Lipinski definition) is 7. The van der Waals surface area contributed by atoms with Crippen LogP contribution in [0.5, 0.6) is 0 Å². The molecule has 0 aliphatic heterocycles. The van der Waals surface area contributed by atoms with Crippen molar-refractivity contribution in [3.63, 3.8) is 0 Å². The van der Waals surface area contributed by atoms with Crippen molar-refractivity contribution in [1.82, 2.24) is 10.3 Å². The van der Waals surface area contributed by atoms with Gasteiger partial charge in [-0.25, -0.2) is 13.4 Å². The Morgan fingerprint density at radius 3 is 2.65 bits per heavy atom. The molecule has 0 saturated carbocycles. The normalized spacial score (nSPS) is 10.9. The Kier molecular flexibility index (Phi) is 4.97. The molecule has 1 rings (SSSR count). The molecule has 1 heterocycles. The monoisotopic (exact) mass is 302 g/mol. The van der Waals surface area contributed by atoms with E-state index in [2.05, 4.69) is 15.6 Å². The number of nitrogens with zero attached hydrogens (tertiary/aromatic N) is 2. The van der Waals surface area contributed by atoms with Crippen LogP contribution in [-0.2, 0) is 9.84 Å². The smallest absolute Gasteiger partial charge is 0.288 e. The fraction of sp³-hybridized carbons (Fsp3) is 0.400. The lowest BCUT2D eigenvalue weighted by atomic mass is 10.2. The highest BCUT2D eigenvalue weighted by Crippen LogP contribution is 2.18. The van der Waals surface area contributed by atoms with Gasteiger partial charge in [-0.3, -0.25) is 14.9 Å². The number of amides is 1. The number of carbonyl (C=O) groups excluding carboxylic acids is 1. The van der Waals surface area contributed by atoms with Gasteiger partial charge in [-0.1, -0.05) is 0 Å². The summed E-state index contributed by atoms with van der Waals surface area (Å²) in [6, 6.07) is 1.08. The molecule has 1 aromatic heterocycles. The third-order valence-electron chi connectivity index (χ3n) is 2.32. The maximum absolute atomic E-state index is 11.9. The first-order valence-electron chi connectivity index (χ1n) is 5.52. The molecule has 1 amide bonds. The topological polar surface area (TPSA) is 131 Å². The van der Waals surface area contributed by atoms with Crippen LogP contribution in [0, 0.1) is 10.1 Å². The number of hydrogen-bond donors (Lipinski definition) is 2. The molecule has 0 aliphatic carbocycles. The molecule has 0 unspecified atom stereocenters. The first kappa shape index (κ1) is 15.8. The number of nitrogens with one attached hydrogen (secondary N) is 2. The van der Waals surface area contributed by atoms with Gasteiger partial charge >= 0.3 is 0 Å². The summed E-state index contributed by atoms with van der Waals surface area (Å²) in [6.45, 7) is -0.0798. The maximum atomic E-state index is 11.9. The van der Waals surface area contributed by atoms with Gasteiger partial charge in [0.2, 0.25) is 0 Å². The molecular formula is C10H14N4O5S. The first-order chi connectivity index (χ1) is 9.24. The van der Waals surface area contributed by atoms with Crippen molar-refractivity contribution in [2.24, 2.45) is 0 Å². The van der Waals surface area contributed by atoms with Gasteiger partial charge in [0.1, 0.15) is 21.9 Å². The Bertz CT molecular complexity index is 629. The Balaban J connectivity index is 2.90. The Morgan fingerprint density at radius 1 is 1.50 bits per heavy atom. The highest BCUT2D eigenvalue weighted by atomic mass is 32.2. The zero-order valence-corrected chi connectivity index (χ0v) is 11.7. The minimum Gasteiger partial charge on any atom is -0.372 e. The van der Waals surface area contributed by atoms with Gasteiger partial charge in [0.25, 0.3) is 11.6 Å². The first-order valence-corrected chi connectivity index (χ1v) is 7.59. The molecule has 1 aromatic rings. The molecule has 0 bridgehead atoms. The van der Waals surface area contributed by atoms with Crippen LogP contribution in [0.2, 0.25) is 0 Å². The third kappa shape index (κ3) is 4.46. The van der Waals surface area contributed by atoms with Crippen LogP contribution in [0.4, 0.5) is 11.5 Å². The predicted octanol–water partition coefficient (Wildman–Crippen LogP) is -0.194.